The second-order valence-corrected chi connectivity index (χ2v) is 12.6. The van der Waals surface area contributed by atoms with Crippen molar-refractivity contribution in [2.24, 2.45) is 35.0 Å². The van der Waals surface area contributed by atoms with Gasteiger partial charge in [0.2, 0.25) is 0 Å². The van der Waals surface area contributed by atoms with Crippen LogP contribution in [-0.2, 0) is 38.1 Å². The zero-order chi connectivity index (χ0) is 28.3. The molecule has 8 nitrogen and oxygen atoms in total. The monoisotopic (exact) mass is 564 g/mol. The van der Waals surface area contributed by atoms with E-state index in [2.05, 4.69) is 0 Å². The van der Waals surface area contributed by atoms with Crippen molar-refractivity contribution in [3.8, 4) is 0 Å². The lowest BCUT2D eigenvalue weighted by molar-refractivity contribution is -0.198. The van der Waals surface area contributed by atoms with Gasteiger partial charge in [-0.3, -0.25) is 19.2 Å². The van der Waals surface area contributed by atoms with Gasteiger partial charge < -0.3 is 18.9 Å². The normalized spacial score (nSPS) is 40.9. The molecule has 3 saturated heterocycles. The summed E-state index contributed by atoms with van der Waals surface area (Å²) in [5.41, 5.74) is 0.981. The first-order valence-electron chi connectivity index (χ1n) is 14.8. The van der Waals surface area contributed by atoms with Gasteiger partial charge in [-0.15, -0.1) is 0 Å². The highest BCUT2D eigenvalue weighted by atomic mass is 16.6. The van der Waals surface area contributed by atoms with Crippen molar-refractivity contribution in [1.82, 2.24) is 0 Å². The van der Waals surface area contributed by atoms with Gasteiger partial charge in [0, 0.05) is 41.6 Å². The predicted molar refractivity (Wildman–Crippen MR) is 144 cm³/mol. The Labute approximate surface area is 241 Å². The Balaban J connectivity index is 1.25. The third-order valence-electron chi connectivity index (χ3n) is 10.8. The average Bonchev–Trinajstić information content (AvgIpc) is 3.60. The van der Waals surface area contributed by atoms with Crippen LogP contribution in [0.3, 0.4) is 0 Å². The Kier molecular flexibility index (Phi) is 4.90. The van der Waals surface area contributed by atoms with Crippen LogP contribution in [0.25, 0.3) is 0 Å². The van der Waals surface area contributed by atoms with Gasteiger partial charge in [0.1, 0.15) is 41.3 Å². The molecule has 10 rings (SSSR count). The highest BCUT2D eigenvalue weighted by molar-refractivity contribution is 6.00. The topological polar surface area (TPSA) is 105 Å². The predicted octanol–water partition coefficient (Wildman–Crippen LogP) is 4.33. The molecular weight excluding hydrogens is 536 g/mol. The second-order valence-electron chi connectivity index (χ2n) is 12.6. The van der Waals surface area contributed by atoms with E-state index in [0.717, 1.165) is 11.1 Å². The molecule has 42 heavy (non-hydrogen) atoms. The van der Waals surface area contributed by atoms with E-state index in [1.54, 1.807) is 0 Å². The summed E-state index contributed by atoms with van der Waals surface area (Å²) in [6.45, 7) is 0. The number of esters is 2. The van der Waals surface area contributed by atoms with Crippen LogP contribution in [0.5, 0.6) is 0 Å². The van der Waals surface area contributed by atoms with Gasteiger partial charge in [-0.2, -0.15) is 0 Å². The van der Waals surface area contributed by atoms with Crippen molar-refractivity contribution < 1.29 is 38.1 Å². The number of ether oxygens (including phenoxy) is 4. The number of benzene rings is 2. The molecule has 0 N–H and O–H groups in total. The fraction of sp³-hybridized carbons (Fsp3) is 0.412. The molecule has 2 aromatic carbocycles. The minimum atomic E-state index is -1.26. The minimum absolute atomic E-state index is 0.0530. The summed E-state index contributed by atoms with van der Waals surface area (Å²) in [7, 11) is 0. The third-order valence-corrected chi connectivity index (χ3v) is 10.8. The Hall–Kier alpha value is -4.20. The first kappa shape index (κ1) is 24.4. The van der Waals surface area contributed by atoms with E-state index < -0.39 is 47.6 Å². The number of allylic oxidation sites excluding steroid dienone is 2. The van der Waals surface area contributed by atoms with Crippen LogP contribution < -0.4 is 0 Å². The van der Waals surface area contributed by atoms with Gasteiger partial charge in [-0.05, 0) is 17.2 Å². The summed E-state index contributed by atoms with van der Waals surface area (Å²) in [6, 6.07) is 19.3. The van der Waals surface area contributed by atoms with Gasteiger partial charge in [0.25, 0.3) is 0 Å². The van der Waals surface area contributed by atoms with Gasteiger partial charge in [0.15, 0.2) is 11.6 Å². The van der Waals surface area contributed by atoms with Crippen molar-refractivity contribution >= 4 is 23.5 Å². The van der Waals surface area contributed by atoms with Crippen LogP contribution in [0.1, 0.15) is 49.0 Å². The van der Waals surface area contributed by atoms with Crippen LogP contribution >= 0.6 is 0 Å². The molecule has 0 unspecified atom stereocenters. The lowest BCUT2D eigenvalue weighted by atomic mass is 9.41. The quantitative estimate of drug-likeness (QED) is 0.497. The van der Waals surface area contributed by atoms with Crippen LogP contribution in [0, 0.1) is 35.0 Å². The lowest BCUT2D eigenvalue weighted by Crippen LogP contribution is -2.68. The van der Waals surface area contributed by atoms with Gasteiger partial charge in [-0.1, -0.05) is 60.7 Å². The van der Waals surface area contributed by atoms with E-state index in [1.807, 2.05) is 66.7 Å². The summed E-state index contributed by atoms with van der Waals surface area (Å²) in [5.74, 6) is -2.11. The summed E-state index contributed by atoms with van der Waals surface area (Å²) in [4.78, 5) is 54.4. The van der Waals surface area contributed by atoms with E-state index in [4.69, 9.17) is 18.9 Å². The maximum atomic E-state index is 14.8. The largest absolute Gasteiger partial charge is 0.489 e. The summed E-state index contributed by atoms with van der Waals surface area (Å²) >= 11 is 0. The highest BCUT2D eigenvalue weighted by Gasteiger charge is 2.77. The van der Waals surface area contributed by atoms with E-state index in [-0.39, 0.29) is 61.0 Å². The van der Waals surface area contributed by atoms with Crippen LogP contribution in [0.15, 0.2) is 83.8 Å². The number of carbonyl (C=O) groups is 4. The summed E-state index contributed by atoms with van der Waals surface area (Å²) in [5, 5.41) is 0. The molecule has 10 atom stereocenters. The van der Waals surface area contributed by atoms with Gasteiger partial charge in [-0.25, -0.2) is 0 Å². The number of hydrogen-bond donors (Lipinski definition) is 0. The van der Waals surface area contributed by atoms with Crippen molar-refractivity contribution in [1.29, 1.82) is 0 Å². The Bertz CT molecular complexity index is 1630. The van der Waals surface area contributed by atoms with Crippen molar-refractivity contribution in [3.63, 3.8) is 0 Å². The number of rotatable bonds is 2. The van der Waals surface area contributed by atoms with Gasteiger partial charge in [0.05, 0.1) is 19.3 Å². The Morgan fingerprint density at radius 3 is 2.02 bits per heavy atom. The number of ketones is 2. The highest BCUT2D eigenvalue weighted by Crippen LogP contribution is 2.71. The molecule has 8 heteroatoms. The lowest BCUT2D eigenvalue weighted by Gasteiger charge is -2.63. The third kappa shape index (κ3) is 3.02. The van der Waals surface area contributed by atoms with E-state index in [9.17, 15) is 19.2 Å². The number of carbonyl (C=O) groups excluding carboxylic acids is 4. The van der Waals surface area contributed by atoms with Crippen LogP contribution in [0.4, 0.5) is 0 Å². The molecule has 0 amide bonds. The van der Waals surface area contributed by atoms with E-state index >= 15 is 0 Å². The van der Waals surface area contributed by atoms with Crippen LogP contribution in [-0.4, -0.2) is 35.7 Å². The molecule has 4 heterocycles. The molecule has 1 spiro atoms. The Morgan fingerprint density at radius 1 is 0.667 bits per heavy atom. The maximum Gasteiger partial charge on any atom is 0.306 e. The molecule has 0 radical (unpaired) electrons. The van der Waals surface area contributed by atoms with Crippen LogP contribution in [0.2, 0.25) is 0 Å². The van der Waals surface area contributed by atoms with Crippen molar-refractivity contribution in [2.75, 3.05) is 0 Å². The van der Waals surface area contributed by atoms with E-state index in [1.165, 1.54) is 0 Å². The molecule has 2 aromatic rings. The first-order chi connectivity index (χ1) is 20.4. The molecule has 2 bridgehead atoms. The minimum Gasteiger partial charge on any atom is -0.489 e. The van der Waals surface area contributed by atoms with Gasteiger partial charge >= 0.3 is 11.9 Å². The maximum absolute atomic E-state index is 14.8. The standard InChI is InChI=1S/C34H28O8/c35-21-14-22(16-7-3-1-4-8-16)40-33-28(21)19-12-26(37)42-32(19)29-18-11-25-34(30(29)33,20-13-27(38)41-31(18)20)24(36)15-23(39-25)17-9-5-2-6-10-17/h1-11,18-20,22-23,29-32H,12-15H2/t18-,19+,20-,22-,23-,29+,30-,31-,32+,34-/m0/s1. The molecule has 8 aliphatic rings. The Morgan fingerprint density at radius 2 is 1.31 bits per heavy atom. The molecule has 0 aromatic heterocycles. The zero-order valence-corrected chi connectivity index (χ0v) is 22.6. The molecule has 1 saturated carbocycles. The smallest absolute Gasteiger partial charge is 0.306 e. The van der Waals surface area contributed by atoms with Crippen molar-refractivity contribution in [2.45, 2.75) is 50.1 Å². The first-order valence-corrected chi connectivity index (χ1v) is 14.8. The average molecular weight is 565 g/mol. The second kappa shape index (κ2) is 8.43. The SMILES string of the molecule is O=C1C[C@@H]2C3=C(O[C@H](c4ccccc4)CC3=O)[C@@H]3[C@@H]([C@@H]4C=C5O[C@H](c6ccccc6)CC(=O)[C@@]53[C@H]3CC(=O)O[C@@H]43)[C@@H]2O1. The molecule has 4 fully saturated rings. The zero-order valence-electron chi connectivity index (χ0n) is 22.6. The fourth-order valence-corrected chi connectivity index (χ4v) is 9.35. The summed E-state index contributed by atoms with van der Waals surface area (Å²) < 4.78 is 25.4. The van der Waals surface area contributed by atoms with Crippen molar-refractivity contribution in [3.05, 3.63) is 95.0 Å². The molecule has 212 valence electrons. The summed E-state index contributed by atoms with van der Waals surface area (Å²) in [6.07, 6.45) is 0.251. The molecule has 4 aliphatic heterocycles. The molecule has 4 aliphatic carbocycles. The fourth-order valence-electron chi connectivity index (χ4n) is 9.35. The van der Waals surface area contributed by atoms with E-state index in [0.29, 0.717) is 17.1 Å². The molecular formula is C34H28O8. The number of Topliss-reactive ketones (excluding diaryl/α,β-unsaturated/α-hetero) is 2. The number of fused-ring (bicyclic) bond motifs is 2. The number of hydrogen-bond acceptors (Lipinski definition) is 8.